The van der Waals surface area contributed by atoms with Crippen LogP contribution in [0.2, 0.25) is 0 Å². The number of aryl methyl sites for hydroxylation is 2. The molecule has 0 aliphatic carbocycles. The van der Waals surface area contributed by atoms with Crippen LogP contribution in [0.15, 0.2) is 71.8 Å². The van der Waals surface area contributed by atoms with Gasteiger partial charge in [0.05, 0.1) is 11.4 Å². The number of aromatic amines is 1. The van der Waals surface area contributed by atoms with Crippen LogP contribution >= 0.6 is 0 Å². The summed E-state index contributed by atoms with van der Waals surface area (Å²) >= 11 is 0. The first-order chi connectivity index (χ1) is 19.3. The van der Waals surface area contributed by atoms with Gasteiger partial charge in [-0.05, 0) is 71.2 Å². The molecule has 0 saturated carbocycles. The van der Waals surface area contributed by atoms with Crippen LogP contribution in [-0.2, 0) is 6.42 Å². The Labute approximate surface area is 242 Å². The maximum atomic E-state index is 14.4. The van der Waals surface area contributed by atoms with Gasteiger partial charge in [0.2, 0.25) is 0 Å². The molecule has 1 aliphatic rings. The molecule has 0 spiro atoms. The third-order valence-corrected chi connectivity index (χ3v) is 6.34. The first kappa shape index (κ1) is 34.8. The fourth-order valence-electron chi connectivity index (χ4n) is 3.85. The maximum absolute atomic E-state index is 14.4. The molecule has 2 atom stereocenters. The topological polar surface area (TPSA) is 65.1 Å². The van der Waals surface area contributed by atoms with Gasteiger partial charge in [-0.2, -0.15) is 5.10 Å². The number of benzene rings is 1. The zero-order valence-corrected chi connectivity index (χ0v) is 25.4. The van der Waals surface area contributed by atoms with Crippen molar-refractivity contribution in [3.8, 4) is 12.3 Å². The summed E-state index contributed by atoms with van der Waals surface area (Å²) in [5.74, 6) is 2.41. The third-order valence-electron chi connectivity index (χ3n) is 6.34. The highest BCUT2D eigenvalue weighted by molar-refractivity contribution is 5.91. The number of aliphatic imine (C=N–C) groups is 1. The summed E-state index contributed by atoms with van der Waals surface area (Å²) in [5.41, 5.74) is 4.21. The molecule has 1 aliphatic heterocycles. The van der Waals surface area contributed by atoms with Crippen LogP contribution in [0, 0.1) is 19.3 Å². The van der Waals surface area contributed by atoms with Crippen LogP contribution in [0.4, 0.5) is 4.39 Å². The largest absolute Gasteiger partial charge is 0.313 e. The minimum atomic E-state index is -1.13. The number of aromatic nitrogens is 2. The fourth-order valence-corrected chi connectivity index (χ4v) is 3.85. The number of nitrogens with zero attached hydrogens (tertiary/aromatic N) is 2. The van der Waals surface area contributed by atoms with Gasteiger partial charge < -0.3 is 10.6 Å². The summed E-state index contributed by atoms with van der Waals surface area (Å²) in [7, 11) is 0. The van der Waals surface area contributed by atoms with Gasteiger partial charge in [-0.3, -0.25) is 10.1 Å². The van der Waals surface area contributed by atoms with Gasteiger partial charge in [-0.25, -0.2) is 4.39 Å². The lowest BCUT2D eigenvalue weighted by Gasteiger charge is -2.22. The lowest BCUT2D eigenvalue weighted by molar-refractivity contribution is 0.184. The number of nitrogens with one attached hydrogen (secondary N) is 3. The van der Waals surface area contributed by atoms with Crippen LogP contribution < -0.4 is 10.6 Å². The highest BCUT2D eigenvalue weighted by Gasteiger charge is 2.33. The fraction of sp³-hybridized carbons (Fsp3) is 0.471. The average Bonchev–Trinajstić information content (AvgIpc) is 3.59. The minimum absolute atomic E-state index is 0.0480. The predicted octanol–water partition coefficient (Wildman–Crippen LogP) is 7.39. The molecule has 3 rings (SSSR count). The molecule has 2 heterocycles. The average molecular weight is 548 g/mol. The second-order valence-corrected chi connectivity index (χ2v) is 10.0. The minimum Gasteiger partial charge on any atom is -0.313 e. The summed E-state index contributed by atoms with van der Waals surface area (Å²) in [6.07, 6.45) is 19.8. The van der Waals surface area contributed by atoms with Crippen LogP contribution in [0.5, 0.6) is 0 Å². The number of hydrogen-bond acceptors (Lipinski definition) is 4. The Morgan fingerprint density at radius 3 is 2.55 bits per heavy atom. The second-order valence-electron chi connectivity index (χ2n) is 10.0. The van der Waals surface area contributed by atoms with Gasteiger partial charge in [-0.1, -0.05) is 87.2 Å². The number of halogens is 1. The molecule has 2 unspecified atom stereocenters. The molecule has 5 nitrogen and oxygen atoms in total. The number of alkyl halides is 1. The molecular formula is C34H50FN5. The van der Waals surface area contributed by atoms with Crippen molar-refractivity contribution < 1.29 is 4.39 Å². The molecule has 1 fully saturated rings. The Balaban J connectivity index is 0.000000365. The van der Waals surface area contributed by atoms with Crippen molar-refractivity contribution in [2.45, 2.75) is 85.4 Å². The zero-order chi connectivity index (χ0) is 29.6. The molecule has 1 aromatic heterocycles. The van der Waals surface area contributed by atoms with Gasteiger partial charge >= 0.3 is 0 Å². The highest BCUT2D eigenvalue weighted by atomic mass is 19.1. The van der Waals surface area contributed by atoms with E-state index in [1.165, 1.54) is 18.5 Å². The monoisotopic (exact) mass is 547 g/mol. The zero-order valence-electron chi connectivity index (χ0n) is 25.4. The van der Waals surface area contributed by atoms with E-state index in [1.54, 1.807) is 6.08 Å². The lowest BCUT2D eigenvalue weighted by atomic mass is 10.0. The van der Waals surface area contributed by atoms with E-state index in [0.717, 1.165) is 42.1 Å². The number of rotatable bonds is 11. The van der Waals surface area contributed by atoms with Crippen molar-refractivity contribution in [1.82, 2.24) is 20.8 Å². The van der Waals surface area contributed by atoms with Crippen LogP contribution in [0.25, 0.3) is 5.70 Å². The van der Waals surface area contributed by atoms with Crippen molar-refractivity contribution in [3.05, 3.63) is 83.7 Å². The van der Waals surface area contributed by atoms with E-state index < -0.39 is 5.67 Å². The quantitative estimate of drug-likeness (QED) is 0.156. The molecule has 1 saturated heterocycles. The Kier molecular flexibility index (Phi) is 17.9. The number of allylic oxidation sites excluding steroid dienone is 5. The van der Waals surface area contributed by atoms with E-state index in [4.69, 9.17) is 11.4 Å². The summed E-state index contributed by atoms with van der Waals surface area (Å²) in [6.45, 7) is 13.9. The third kappa shape index (κ3) is 14.8. The Morgan fingerprint density at radius 1 is 1.25 bits per heavy atom. The van der Waals surface area contributed by atoms with Crippen LogP contribution in [-0.4, -0.2) is 47.3 Å². The summed E-state index contributed by atoms with van der Waals surface area (Å²) in [6, 6.07) is 12.2. The lowest BCUT2D eigenvalue weighted by Crippen LogP contribution is -2.44. The predicted molar refractivity (Wildman–Crippen MR) is 171 cm³/mol. The van der Waals surface area contributed by atoms with Gasteiger partial charge in [0.15, 0.2) is 0 Å². The molecule has 218 valence electrons. The van der Waals surface area contributed by atoms with Gasteiger partial charge in [-0.15, -0.1) is 6.42 Å². The van der Waals surface area contributed by atoms with Crippen LogP contribution in [0.1, 0.15) is 77.3 Å². The summed E-state index contributed by atoms with van der Waals surface area (Å²) in [5, 5.41) is 13.3. The van der Waals surface area contributed by atoms with Crippen LogP contribution in [0.3, 0.4) is 0 Å². The molecule has 3 N–H and O–H groups in total. The number of H-pyrrole nitrogens is 1. The van der Waals surface area contributed by atoms with Gasteiger partial charge in [0, 0.05) is 30.5 Å². The summed E-state index contributed by atoms with van der Waals surface area (Å²) in [4.78, 5) is 4.71. The first-order valence-electron chi connectivity index (χ1n) is 14.5. The Bertz CT molecular complexity index is 1100. The second kappa shape index (κ2) is 20.6. The number of hydrogen-bond donors (Lipinski definition) is 3. The van der Waals surface area contributed by atoms with E-state index in [1.807, 2.05) is 76.3 Å². The molecule has 0 amide bonds. The van der Waals surface area contributed by atoms with E-state index >= 15 is 0 Å². The summed E-state index contributed by atoms with van der Waals surface area (Å²) < 4.78 is 14.4. The van der Waals surface area contributed by atoms with Crippen molar-refractivity contribution in [1.29, 1.82) is 0 Å². The van der Waals surface area contributed by atoms with E-state index in [-0.39, 0.29) is 6.04 Å². The van der Waals surface area contributed by atoms with E-state index in [2.05, 4.69) is 52.7 Å². The van der Waals surface area contributed by atoms with Crippen molar-refractivity contribution >= 4 is 11.4 Å². The number of unbranched alkanes of at least 4 members (excludes halogenated alkanes) is 1. The molecule has 6 heteroatoms. The van der Waals surface area contributed by atoms with E-state index in [0.29, 0.717) is 19.5 Å². The first-order valence-corrected chi connectivity index (χ1v) is 14.5. The number of terminal acetylenes is 1. The Hall–Kier alpha value is -3.27. The smallest absolute Gasteiger partial charge is 0.136 e. The van der Waals surface area contributed by atoms with Crippen molar-refractivity contribution in [2.75, 3.05) is 19.6 Å². The normalized spacial score (nSPS) is 18.1. The molecular weight excluding hydrogens is 497 g/mol. The molecule has 0 radical (unpaired) electrons. The molecule has 0 bridgehead atoms. The SMILES string of the molecule is C#C/C=C\C=C/CCC.C/C=C(\N=C(C)C(C)NCC1(F)CCNC1)c1ccccc1.CCCc1cc(C)[nH]n1. The van der Waals surface area contributed by atoms with Gasteiger partial charge in [0.1, 0.15) is 5.67 Å². The Morgan fingerprint density at radius 2 is 2.00 bits per heavy atom. The molecule has 40 heavy (non-hydrogen) atoms. The van der Waals surface area contributed by atoms with E-state index in [9.17, 15) is 4.39 Å². The van der Waals surface area contributed by atoms with Crippen molar-refractivity contribution in [2.24, 2.45) is 4.99 Å². The standard InChI is InChI=1S/C18H26FN3.C9H12.C7H12N2/c1-4-17(16-8-6-5-7-9-16)22-15(3)14(2)21-13-18(19)10-11-20-12-18;1-3-5-7-9-8-6-4-2;1-3-4-7-5-6(2)8-9-7/h4-9,14,20-21H,10-13H2,1-3H3;1,5,7-9H,4,6H2,2H3;5H,3-4H2,1-2H3,(H,8,9)/b17-4-,22-15?;7-5-,9-8-;. The highest BCUT2D eigenvalue weighted by Crippen LogP contribution is 2.19. The van der Waals surface area contributed by atoms with Gasteiger partial charge in [0.25, 0.3) is 0 Å². The molecule has 2 aromatic rings. The van der Waals surface area contributed by atoms with Crippen molar-refractivity contribution in [3.63, 3.8) is 0 Å². The molecule has 1 aromatic carbocycles. The maximum Gasteiger partial charge on any atom is 0.136 e.